The second-order valence-electron chi connectivity index (χ2n) is 5.58. The van der Waals surface area contributed by atoms with Gasteiger partial charge < -0.3 is 15.2 Å². The van der Waals surface area contributed by atoms with Gasteiger partial charge in [-0.15, -0.1) is 0 Å². The number of aromatic amines is 1. The summed E-state index contributed by atoms with van der Waals surface area (Å²) in [6, 6.07) is 6.15. The molecule has 23 heavy (non-hydrogen) atoms. The first-order valence-corrected chi connectivity index (χ1v) is 8.35. The van der Waals surface area contributed by atoms with Gasteiger partial charge in [0.05, 0.1) is 0 Å². The summed E-state index contributed by atoms with van der Waals surface area (Å²) < 4.78 is 1.03. The number of rotatable bonds is 4. The number of H-pyrrole nitrogens is 1. The Balaban J connectivity index is 1.70. The lowest BCUT2D eigenvalue weighted by atomic mass is 10.0. The van der Waals surface area contributed by atoms with Crippen LogP contribution in [0.3, 0.4) is 0 Å². The van der Waals surface area contributed by atoms with Crippen molar-refractivity contribution in [3.05, 3.63) is 46.6 Å². The van der Waals surface area contributed by atoms with Gasteiger partial charge >= 0.3 is 0 Å². The van der Waals surface area contributed by atoms with E-state index >= 15 is 0 Å². The van der Waals surface area contributed by atoms with Crippen molar-refractivity contribution in [3.8, 4) is 0 Å². The van der Waals surface area contributed by atoms with Crippen LogP contribution in [0, 0.1) is 0 Å². The van der Waals surface area contributed by atoms with Gasteiger partial charge in [0, 0.05) is 59.1 Å². The third-order valence-corrected chi connectivity index (χ3v) is 4.61. The van der Waals surface area contributed by atoms with Crippen LogP contribution in [0.4, 0.5) is 0 Å². The Hall–Kier alpha value is -2.08. The highest BCUT2D eigenvalue weighted by Gasteiger charge is 2.23. The van der Waals surface area contributed by atoms with Crippen LogP contribution < -0.4 is 5.32 Å². The molecule has 3 rings (SSSR count). The quantitative estimate of drug-likeness (QED) is 0.806. The topological polar surface area (TPSA) is 65.2 Å². The molecule has 2 N–H and O–H groups in total. The standard InChI is InChI=1S/C17H18BrN3O2/c1-2-16(22)19-7-5-17(23)21-8-6-15-13(10-21)12-9-11(18)3-4-14(12)20-15/h2-4,9,20H,1,5-8,10H2,(H,19,22). The molecule has 0 unspecified atom stereocenters. The second-order valence-corrected chi connectivity index (χ2v) is 6.50. The number of amides is 2. The fourth-order valence-corrected chi connectivity index (χ4v) is 3.28. The lowest BCUT2D eigenvalue weighted by molar-refractivity contribution is -0.132. The van der Waals surface area contributed by atoms with Gasteiger partial charge in [-0.3, -0.25) is 9.59 Å². The molecular formula is C17H18BrN3O2. The summed E-state index contributed by atoms with van der Waals surface area (Å²) in [6.07, 6.45) is 2.34. The molecule has 1 aromatic heterocycles. The van der Waals surface area contributed by atoms with Crippen molar-refractivity contribution >= 4 is 38.6 Å². The molecule has 1 aromatic carbocycles. The molecule has 2 aromatic rings. The van der Waals surface area contributed by atoms with Crippen molar-refractivity contribution in [2.45, 2.75) is 19.4 Å². The van der Waals surface area contributed by atoms with Gasteiger partial charge in [0.15, 0.2) is 0 Å². The number of hydrogen-bond acceptors (Lipinski definition) is 2. The molecule has 0 bridgehead atoms. The SMILES string of the molecule is C=CC(=O)NCCC(=O)N1CCc2[nH]c3ccc(Br)cc3c2C1. The van der Waals surface area contributed by atoms with Crippen LogP contribution in [-0.4, -0.2) is 34.8 Å². The van der Waals surface area contributed by atoms with Crippen molar-refractivity contribution in [3.63, 3.8) is 0 Å². The molecule has 0 fully saturated rings. The van der Waals surface area contributed by atoms with E-state index in [1.807, 2.05) is 11.0 Å². The Morgan fingerprint density at radius 2 is 2.26 bits per heavy atom. The molecule has 1 aliphatic rings. The molecule has 120 valence electrons. The Labute approximate surface area is 142 Å². The molecule has 0 radical (unpaired) electrons. The fraction of sp³-hybridized carbons (Fsp3) is 0.294. The average Bonchev–Trinajstić information content (AvgIpc) is 2.91. The second kappa shape index (κ2) is 6.58. The Morgan fingerprint density at radius 1 is 1.43 bits per heavy atom. The van der Waals surface area contributed by atoms with Gasteiger partial charge in [-0.25, -0.2) is 0 Å². The van der Waals surface area contributed by atoms with Crippen molar-refractivity contribution in [2.75, 3.05) is 13.1 Å². The first-order valence-electron chi connectivity index (χ1n) is 7.55. The number of hydrogen-bond donors (Lipinski definition) is 2. The van der Waals surface area contributed by atoms with E-state index in [0.717, 1.165) is 21.8 Å². The summed E-state index contributed by atoms with van der Waals surface area (Å²) in [5.41, 5.74) is 3.50. The van der Waals surface area contributed by atoms with Crippen LogP contribution in [0.1, 0.15) is 17.7 Å². The monoisotopic (exact) mass is 375 g/mol. The van der Waals surface area contributed by atoms with E-state index in [2.05, 4.69) is 44.9 Å². The molecule has 5 nitrogen and oxygen atoms in total. The number of nitrogens with zero attached hydrogens (tertiary/aromatic N) is 1. The number of fused-ring (bicyclic) bond motifs is 3. The van der Waals surface area contributed by atoms with E-state index in [9.17, 15) is 9.59 Å². The fourth-order valence-electron chi connectivity index (χ4n) is 2.92. The van der Waals surface area contributed by atoms with Crippen LogP contribution in [-0.2, 0) is 22.6 Å². The van der Waals surface area contributed by atoms with Crippen molar-refractivity contribution in [1.82, 2.24) is 15.2 Å². The van der Waals surface area contributed by atoms with Crippen molar-refractivity contribution in [1.29, 1.82) is 0 Å². The maximum Gasteiger partial charge on any atom is 0.243 e. The maximum atomic E-state index is 12.3. The number of halogens is 1. The molecular weight excluding hydrogens is 358 g/mol. The molecule has 0 spiro atoms. The molecule has 2 heterocycles. The van der Waals surface area contributed by atoms with Gasteiger partial charge in [0.25, 0.3) is 0 Å². The predicted molar refractivity (Wildman–Crippen MR) is 92.9 cm³/mol. The van der Waals surface area contributed by atoms with Crippen LogP contribution in [0.15, 0.2) is 35.3 Å². The van der Waals surface area contributed by atoms with Gasteiger partial charge in [0.1, 0.15) is 0 Å². The Morgan fingerprint density at radius 3 is 3.04 bits per heavy atom. The third kappa shape index (κ3) is 3.32. The molecule has 6 heteroatoms. The number of benzene rings is 1. The molecule has 0 saturated heterocycles. The molecule has 1 aliphatic heterocycles. The zero-order chi connectivity index (χ0) is 16.4. The minimum absolute atomic E-state index is 0.0596. The lowest BCUT2D eigenvalue weighted by Gasteiger charge is -2.27. The average molecular weight is 376 g/mol. The first kappa shape index (κ1) is 15.8. The van der Waals surface area contributed by atoms with Crippen LogP contribution in [0.2, 0.25) is 0 Å². The summed E-state index contributed by atoms with van der Waals surface area (Å²) in [5, 5.41) is 3.80. The highest BCUT2D eigenvalue weighted by molar-refractivity contribution is 9.10. The van der Waals surface area contributed by atoms with Crippen molar-refractivity contribution in [2.24, 2.45) is 0 Å². The van der Waals surface area contributed by atoms with E-state index in [1.165, 1.54) is 17.3 Å². The van der Waals surface area contributed by atoms with E-state index < -0.39 is 0 Å². The Kier molecular flexibility index (Phi) is 4.52. The summed E-state index contributed by atoms with van der Waals surface area (Å²) in [6.45, 7) is 5.04. The summed E-state index contributed by atoms with van der Waals surface area (Å²) in [5.74, 6) is -0.190. The van der Waals surface area contributed by atoms with Crippen LogP contribution >= 0.6 is 15.9 Å². The summed E-state index contributed by atoms with van der Waals surface area (Å²) >= 11 is 3.50. The molecule has 0 saturated carbocycles. The predicted octanol–water partition coefficient (Wildman–Crippen LogP) is 2.51. The van der Waals surface area contributed by atoms with E-state index in [-0.39, 0.29) is 11.8 Å². The zero-order valence-electron chi connectivity index (χ0n) is 12.7. The number of carbonyl (C=O) groups is 2. The summed E-state index contributed by atoms with van der Waals surface area (Å²) in [4.78, 5) is 28.7. The smallest absolute Gasteiger partial charge is 0.243 e. The minimum atomic E-state index is -0.250. The van der Waals surface area contributed by atoms with Gasteiger partial charge in [-0.05, 0) is 24.3 Å². The van der Waals surface area contributed by atoms with Gasteiger partial charge in [-0.2, -0.15) is 0 Å². The summed E-state index contributed by atoms with van der Waals surface area (Å²) in [7, 11) is 0. The highest BCUT2D eigenvalue weighted by Crippen LogP contribution is 2.30. The molecule has 0 aliphatic carbocycles. The first-order chi connectivity index (χ1) is 11.1. The lowest BCUT2D eigenvalue weighted by Crippen LogP contribution is -2.37. The van der Waals surface area contributed by atoms with E-state index in [0.29, 0.717) is 26.1 Å². The zero-order valence-corrected chi connectivity index (χ0v) is 14.3. The largest absolute Gasteiger partial charge is 0.358 e. The number of aromatic nitrogens is 1. The minimum Gasteiger partial charge on any atom is -0.358 e. The normalized spacial score (nSPS) is 13.7. The maximum absolute atomic E-state index is 12.3. The van der Waals surface area contributed by atoms with E-state index in [4.69, 9.17) is 0 Å². The van der Waals surface area contributed by atoms with Gasteiger partial charge in [-0.1, -0.05) is 22.5 Å². The highest BCUT2D eigenvalue weighted by atomic mass is 79.9. The van der Waals surface area contributed by atoms with Gasteiger partial charge in [0.2, 0.25) is 11.8 Å². The number of carbonyl (C=O) groups excluding carboxylic acids is 2. The third-order valence-electron chi connectivity index (χ3n) is 4.11. The molecule has 2 amide bonds. The number of nitrogens with one attached hydrogen (secondary N) is 2. The Bertz CT molecular complexity index is 781. The molecule has 0 atom stereocenters. The van der Waals surface area contributed by atoms with Crippen molar-refractivity contribution < 1.29 is 9.59 Å². The van der Waals surface area contributed by atoms with E-state index in [1.54, 1.807) is 0 Å². The van der Waals surface area contributed by atoms with Crippen LogP contribution in [0.5, 0.6) is 0 Å². The van der Waals surface area contributed by atoms with Crippen LogP contribution in [0.25, 0.3) is 10.9 Å².